The second-order valence-corrected chi connectivity index (χ2v) is 14.4. The van der Waals surface area contributed by atoms with Crippen LogP contribution in [-0.2, 0) is 14.8 Å². The Hall–Kier alpha value is -3.58. The number of sulfonamides is 1. The van der Waals surface area contributed by atoms with Crippen LogP contribution in [0.15, 0.2) is 72.8 Å². The average Bonchev–Trinajstić information content (AvgIpc) is 3.04. The molecule has 1 aliphatic heterocycles. The number of piperidine rings is 1. The molecule has 3 aromatic carbocycles. The monoisotopic (exact) mass is 723 g/mol. The second kappa shape index (κ2) is 15.3. The van der Waals surface area contributed by atoms with Gasteiger partial charge in [-0.2, -0.15) is 17.5 Å². The first-order valence-electron chi connectivity index (χ1n) is 15.4. The van der Waals surface area contributed by atoms with Gasteiger partial charge in [-0.25, -0.2) is 13.4 Å². The Labute approximate surface area is 286 Å². The van der Waals surface area contributed by atoms with Gasteiger partial charge in [-0.15, -0.1) is 0 Å². The van der Waals surface area contributed by atoms with E-state index in [0.29, 0.717) is 57.3 Å². The van der Waals surface area contributed by atoms with Crippen LogP contribution in [0.5, 0.6) is 5.88 Å². The van der Waals surface area contributed by atoms with Crippen molar-refractivity contribution in [2.75, 3.05) is 25.0 Å². The number of carboxylic acid groups (broad SMARTS) is 1. The van der Waals surface area contributed by atoms with E-state index in [0.717, 1.165) is 22.1 Å². The Balaban J connectivity index is 1.47. The van der Waals surface area contributed by atoms with Crippen LogP contribution in [0, 0.1) is 0 Å². The van der Waals surface area contributed by atoms with Gasteiger partial charge in [0, 0.05) is 58.7 Å². The van der Waals surface area contributed by atoms with Gasteiger partial charge in [-0.3, -0.25) is 4.79 Å². The number of ether oxygens (including phenoxy) is 1. The van der Waals surface area contributed by atoms with Gasteiger partial charge in [-0.05, 0) is 85.2 Å². The lowest BCUT2D eigenvalue weighted by molar-refractivity contribution is -0.137. The quantitative estimate of drug-likeness (QED) is 0.105. The number of aliphatic carboxylic acids is 1. The number of carbonyl (C=O) groups is 1. The number of anilines is 1. The fraction of sp³-hybridized carbons (Fsp3) is 0.353. The molecule has 4 aromatic rings. The maximum Gasteiger partial charge on any atom is 0.511 e. The predicted molar refractivity (Wildman–Crippen MR) is 180 cm³/mol. The van der Waals surface area contributed by atoms with Crippen molar-refractivity contribution < 1.29 is 36.2 Å². The molecule has 0 saturated carbocycles. The first kappa shape index (κ1) is 35.7. The molecule has 0 atom stereocenters. The number of nitrogens with zero attached hydrogens (tertiary/aromatic N) is 2. The molecule has 1 saturated heterocycles. The number of rotatable bonds is 13. The Bertz CT molecular complexity index is 1790. The van der Waals surface area contributed by atoms with E-state index in [2.05, 4.69) is 5.32 Å². The van der Waals surface area contributed by atoms with Crippen LogP contribution < -0.4 is 10.1 Å². The number of benzene rings is 3. The smallest absolute Gasteiger partial charge is 0.481 e. The molecule has 14 heteroatoms. The van der Waals surface area contributed by atoms with Gasteiger partial charge >= 0.3 is 21.5 Å². The lowest BCUT2D eigenvalue weighted by atomic mass is 9.84. The number of alkyl halides is 3. The molecule has 0 radical (unpaired) electrons. The highest BCUT2D eigenvalue weighted by atomic mass is 35.5. The van der Waals surface area contributed by atoms with Gasteiger partial charge in [0.15, 0.2) is 0 Å². The van der Waals surface area contributed by atoms with Crippen LogP contribution in [0.3, 0.4) is 0 Å². The summed E-state index contributed by atoms with van der Waals surface area (Å²) in [5.41, 5.74) is -1.17. The molecule has 5 rings (SSSR count). The summed E-state index contributed by atoms with van der Waals surface area (Å²) in [7, 11) is -5.41. The molecule has 256 valence electrons. The molecule has 8 nitrogen and oxygen atoms in total. The fourth-order valence-corrected chi connectivity index (χ4v) is 7.05. The summed E-state index contributed by atoms with van der Waals surface area (Å²) in [6, 6.07) is 22.4. The lowest BCUT2D eigenvalue weighted by Crippen LogP contribution is -2.47. The summed E-state index contributed by atoms with van der Waals surface area (Å²) < 4.78 is 69.9. The third-order valence-corrected chi connectivity index (χ3v) is 10.4. The van der Waals surface area contributed by atoms with E-state index in [4.69, 9.17) is 38.0 Å². The number of hydrogen-bond donors (Lipinski definition) is 2. The first-order chi connectivity index (χ1) is 22.8. The maximum atomic E-state index is 13.2. The number of pyridine rings is 1. The maximum absolute atomic E-state index is 13.2. The van der Waals surface area contributed by atoms with Crippen LogP contribution in [0.2, 0.25) is 10.0 Å². The van der Waals surface area contributed by atoms with Crippen LogP contribution >= 0.6 is 23.2 Å². The molecule has 2 N–H and O–H groups in total. The average molecular weight is 725 g/mol. The van der Waals surface area contributed by atoms with Crippen molar-refractivity contribution in [1.29, 1.82) is 0 Å². The van der Waals surface area contributed by atoms with Gasteiger partial charge in [0.1, 0.15) is 0 Å². The van der Waals surface area contributed by atoms with Gasteiger partial charge < -0.3 is 15.2 Å². The van der Waals surface area contributed by atoms with Crippen molar-refractivity contribution >= 4 is 55.8 Å². The summed E-state index contributed by atoms with van der Waals surface area (Å²) in [5, 5.41) is 14.3. The van der Waals surface area contributed by atoms with Crippen molar-refractivity contribution in [3.8, 4) is 5.88 Å². The van der Waals surface area contributed by atoms with E-state index >= 15 is 0 Å². The number of aromatic nitrogens is 1. The van der Waals surface area contributed by atoms with Gasteiger partial charge in [-0.1, -0.05) is 53.5 Å². The molecule has 0 aliphatic carbocycles. The molecule has 0 unspecified atom stereocenters. The molecule has 1 aliphatic rings. The van der Waals surface area contributed by atoms with E-state index in [1.807, 2.05) is 66.7 Å². The molecule has 2 heterocycles. The zero-order chi connectivity index (χ0) is 34.5. The highest BCUT2D eigenvalue weighted by molar-refractivity contribution is 7.90. The van der Waals surface area contributed by atoms with Crippen molar-refractivity contribution in [2.24, 2.45) is 0 Å². The van der Waals surface area contributed by atoms with Crippen molar-refractivity contribution in [3.05, 3.63) is 99.5 Å². The van der Waals surface area contributed by atoms with Gasteiger partial charge in [0.25, 0.3) is 0 Å². The number of halogens is 5. The SMILES string of the molecule is O=C(O)CCCCCOc1cc(NC2CCN(S(=O)(=O)C(F)(F)F)CC2)c2cc(C(c3ccc(Cl)cc3)c3ccc(Cl)cc3)ccc2n1. The summed E-state index contributed by atoms with van der Waals surface area (Å²) in [4.78, 5) is 15.5. The molecule has 0 bridgehead atoms. The molecule has 1 aromatic heterocycles. The van der Waals surface area contributed by atoms with Crippen LogP contribution in [0.1, 0.15) is 61.1 Å². The van der Waals surface area contributed by atoms with Crippen molar-refractivity contribution in [3.63, 3.8) is 0 Å². The van der Waals surface area contributed by atoms with Crippen LogP contribution in [0.25, 0.3) is 10.9 Å². The normalized spacial score (nSPS) is 14.8. The third-order valence-electron chi connectivity index (χ3n) is 8.28. The Morgan fingerprint density at radius 1 is 0.917 bits per heavy atom. The summed E-state index contributed by atoms with van der Waals surface area (Å²) in [6.45, 7) is -0.232. The molecular weight excluding hydrogens is 690 g/mol. The Morgan fingerprint density at radius 2 is 1.50 bits per heavy atom. The summed E-state index contributed by atoms with van der Waals surface area (Å²) in [5.74, 6) is -0.715. The minimum atomic E-state index is -5.41. The van der Waals surface area contributed by atoms with Crippen LogP contribution in [0.4, 0.5) is 18.9 Å². The summed E-state index contributed by atoms with van der Waals surface area (Å²) >= 11 is 12.4. The first-order valence-corrected chi connectivity index (χ1v) is 17.6. The van der Waals surface area contributed by atoms with Crippen molar-refractivity contribution in [1.82, 2.24) is 9.29 Å². The van der Waals surface area contributed by atoms with Gasteiger partial charge in [0.2, 0.25) is 5.88 Å². The molecular formula is C34H34Cl2F3N3O5S. The fourth-order valence-electron chi connectivity index (χ4n) is 5.82. The molecule has 48 heavy (non-hydrogen) atoms. The van der Waals surface area contributed by atoms with E-state index in [1.165, 1.54) is 0 Å². The van der Waals surface area contributed by atoms with E-state index in [9.17, 15) is 26.4 Å². The largest absolute Gasteiger partial charge is 0.511 e. The number of hydrogen-bond acceptors (Lipinski definition) is 6. The topological polar surface area (TPSA) is 109 Å². The minimum absolute atomic E-state index is 0.0841. The summed E-state index contributed by atoms with van der Waals surface area (Å²) in [6.07, 6.45) is 2.24. The number of unbranched alkanes of at least 4 members (excludes halogenated alkanes) is 2. The number of nitrogens with one attached hydrogen (secondary N) is 1. The van der Waals surface area contributed by atoms with E-state index in [-0.39, 0.29) is 44.3 Å². The molecule has 1 fully saturated rings. The zero-order valence-electron chi connectivity index (χ0n) is 25.7. The Morgan fingerprint density at radius 3 is 2.06 bits per heavy atom. The minimum Gasteiger partial charge on any atom is -0.481 e. The second-order valence-electron chi connectivity index (χ2n) is 11.6. The van der Waals surface area contributed by atoms with Crippen molar-refractivity contribution in [2.45, 2.75) is 56.0 Å². The van der Waals surface area contributed by atoms with Gasteiger partial charge in [0.05, 0.1) is 12.1 Å². The molecule has 0 spiro atoms. The zero-order valence-corrected chi connectivity index (χ0v) is 28.0. The lowest BCUT2D eigenvalue weighted by Gasteiger charge is -2.32. The van der Waals surface area contributed by atoms with E-state index in [1.54, 1.807) is 6.07 Å². The highest BCUT2D eigenvalue weighted by Gasteiger charge is 2.50. The predicted octanol–water partition coefficient (Wildman–Crippen LogP) is 8.47. The number of fused-ring (bicyclic) bond motifs is 1. The van der Waals surface area contributed by atoms with Crippen LogP contribution in [-0.4, -0.2) is 60.0 Å². The highest BCUT2D eigenvalue weighted by Crippen LogP contribution is 2.38. The third kappa shape index (κ3) is 8.71. The molecule has 0 amide bonds. The standard InChI is InChI=1S/C34H34Cl2F3N3O5S/c35-25-10-5-22(6-11-25)33(23-7-12-26(36)13-8-23)24-9-14-29-28(20-24)30(21-31(41-29)47-19-3-1-2-4-32(43)44)40-27-15-17-42(18-16-27)48(45,46)34(37,38)39/h5-14,20-21,27,33H,1-4,15-19H2,(H,40,41)(H,43,44). The number of carboxylic acids is 1. The van der Waals surface area contributed by atoms with E-state index < -0.39 is 21.5 Å². The Kier molecular flexibility index (Phi) is 11.4.